The van der Waals surface area contributed by atoms with Crippen molar-refractivity contribution in [1.29, 1.82) is 0 Å². The molecule has 0 saturated carbocycles. The number of carbonyl (C=O) groups excluding carboxylic acids is 3. The van der Waals surface area contributed by atoms with Crippen molar-refractivity contribution < 1.29 is 19.1 Å². The number of ether oxygens (including phenoxy) is 1. The van der Waals surface area contributed by atoms with Crippen LogP contribution in [0.3, 0.4) is 0 Å². The van der Waals surface area contributed by atoms with E-state index < -0.39 is 12.0 Å². The molecule has 1 aromatic carbocycles. The molecule has 144 valence electrons. The monoisotopic (exact) mass is 370 g/mol. The zero-order chi connectivity index (χ0) is 19.2. The van der Waals surface area contributed by atoms with Gasteiger partial charge in [-0.05, 0) is 49.8 Å². The molecule has 1 amide bonds. The SMILES string of the molecule is CC[C@@]12CCCN3CCC(=O)c4ccccc4N(C(=O)[C@@H]31)[C@@H](C(=O)OC)C2. The number of esters is 1. The quantitative estimate of drug-likeness (QED) is 0.748. The van der Waals surface area contributed by atoms with Crippen molar-refractivity contribution in [2.75, 3.05) is 25.1 Å². The van der Waals surface area contributed by atoms with Crippen LogP contribution in [0.5, 0.6) is 0 Å². The van der Waals surface area contributed by atoms with Crippen LogP contribution < -0.4 is 4.90 Å². The number of nitrogens with zero attached hydrogens (tertiary/aromatic N) is 2. The van der Waals surface area contributed by atoms with Gasteiger partial charge in [0.05, 0.1) is 18.8 Å². The van der Waals surface area contributed by atoms with Crippen molar-refractivity contribution in [3.63, 3.8) is 0 Å². The lowest BCUT2D eigenvalue weighted by molar-refractivity contribution is -0.152. The molecule has 0 N–H and O–H groups in total. The van der Waals surface area contributed by atoms with Gasteiger partial charge < -0.3 is 4.74 Å². The lowest BCUT2D eigenvalue weighted by atomic mass is 9.64. The van der Waals surface area contributed by atoms with Crippen molar-refractivity contribution in [3.05, 3.63) is 29.8 Å². The lowest BCUT2D eigenvalue weighted by Gasteiger charge is -2.55. The van der Waals surface area contributed by atoms with Crippen molar-refractivity contribution in [2.24, 2.45) is 5.41 Å². The molecule has 3 atom stereocenters. The molecule has 6 nitrogen and oxygen atoms in total. The summed E-state index contributed by atoms with van der Waals surface area (Å²) in [6.07, 6.45) is 3.69. The van der Waals surface area contributed by atoms with Gasteiger partial charge in [-0.25, -0.2) is 4.79 Å². The Bertz CT molecular complexity index is 792. The molecule has 2 saturated heterocycles. The number of piperidine rings is 2. The van der Waals surface area contributed by atoms with Gasteiger partial charge in [0.2, 0.25) is 5.91 Å². The Balaban J connectivity index is 1.93. The van der Waals surface area contributed by atoms with Gasteiger partial charge in [-0.3, -0.25) is 19.4 Å². The summed E-state index contributed by atoms with van der Waals surface area (Å²) in [5.74, 6) is -0.462. The first-order valence-corrected chi connectivity index (χ1v) is 9.79. The Morgan fingerprint density at radius 1 is 1.26 bits per heavy atom. The number of hydrogen-bond donors (Lipinski definition) is 0. The molecule has 0 radical (unpaired) electrons. The fraction of sp³-hybridized carbons (Fsp3) is 0.571. The Kier molecular flexibility index (Phi) is 4.54. The minimum atomic E-state index is -0.689. The van der Waals surface area contributed by atoms with E-state index >= 15 is 0 Å². The lowest BCUT2D eigenvalue weighted by Crippen LogP contribution is -2.68. The number of benzene rings is 1. The first kappa shape index (κ1) is 18.2. The summed E-state index contributed by atoms with van der Waals surface area (Å²) in [5, 5.41) is 0. The predicted molar refractivity (Wildman–Crippen MR) is 101 cm³/mol. The third-order valence-corrected chi connectivity index (χ3v) is 6.72. The summed E-state index contributed by atoms with van der Waals surface area (Å²) < 4.78 is 5.07. The predicted octanol–water partition coefficient (Wildman–Crippen LogP) is 2.41. The van der Waals surface area contributed by atoms with E-state index in [1.807, 2.05) is 6.07 Å². The number of hydrogen-bond acceptors (Lipinski definition) is 5. The molecule has 4 rings (SSSR count). The third-order valence-electron chi connectivity index (χ3n) is 6.72. The van der Waals surface area contributed by atoms with Gasteiger partial charge >= 0.3 is 5.97 Å². The van der Waals surface area contributed by atoms with Gasteiger partial charge in [-0.15, -0.1) is 0 Å². The molecule has 1 aromatic rings. The number of carbonyl (C=O) groups is 3. The maximum atomic E-state index is 13.8. The average Bonchev–Trinajstić information content (AvgIpc) is 2.74. The van der Waals surface area contributed by atoms with E-state index in [4.69, 9.17) is 4.74 Å². The van der Waals surface area contributed by atoms with Crippen LogP contribution in [0.2, 0.25) is 0 Å². The highest BCUT2D eigenvalue weighted by molar-refractivity contribution is 6.10. The smallest absolute Gasteiger partial charge is 0.328 e. The zero-order valence-corrected chi connectivity index (χ0v) is 15.9. The molecule has 3 aliphatic rings. The highest BCUT2D eigenvalue weighted by Crippen LogP contribution is 2.49. The topological polar surface area (TPSA) is 66.9 Å². The number of rotatable bonds is 2. The van der Waals surface area contributed by atoms with Crippen molar-refractivity contribution >= 4 is 23.3 Å². The summed E-state index contributed by atoms with van der Waals surface area (Å²) in [5.41, 5.74) is 0.816. The van der Waals surface area contributed by atoms with Crippen LogP contribution in [0.25, 0.3) is 0 Å². The van der Waals surface area contributed by atoms with E-state index in [1.165, 1.54) is 7.11 Å². The number of anilines is 1. The van der Waals surface area contributed by atoms with Crippen molar-refractivity contribution in [1.82, 2.24) is 4.90 Å². The van der Waals surface area contributed by atoms with E-state index in [1.54, 1.807) is 23.1 Å². The normalized spacial score (nSPS) is 30.8. The van der Waals surface area contributed by atoms with E-state index in [0.29, 0.717) is 30.6 Å². The van der Waals surface area contributed by atoms with E-state index in [9.17, 15) is 14.4 Å². The van der Waals surface area contributed by atoms with Gasteiger partial charge in [0.15, 0.2) is 5.78 Å². The number of methoxy groups -OCH3 is 1. The van der Waals surface area contributed by atoms with Crippen LogP contribution in [0.15, 0.2) is 24.3 Å². The second-order valence-corrected chi connectivity index (χ2v) is 7.90. The molecule has 0 spiro atoms. The Labute approximate surface area is 159 Å². The fourth-order valence-corrected chi connectivity index (χ4v) is 5.35. The number of fused-ring (bicyclic) bond motifs is 3. The molecule has 0 unspecified atom stereocenters. The molecular weight excluding hydrogens is 344 g/mol. The van der Waals surface area contributed by atoms with E-state index in [-0.39, 0.29) is 23.1 Å². The summed E-state index contributed by atoms with van der Waals surface area (Å²) in [6, 6.07) is 6.18. The van der Waals surface area contributed by atoms with Crippen LogP contribution in [0.4, 0.5) is 5.69 Å². The van der Waals surface area contributed by atoms with Crippen molar-refractivity contribution in [2.45, 2.75) is 51.1 Å². The van der Waals surface area contributed by atoms with Crippen LogP contribution in [-0.2, 0) is 14.3 Å². The maximum absolute atomic E-state index is 13.8. The van der Waals surface area contributed by atoms with Gasteiger partial charge in [-0.1, -0.05) is 19.1 Å². The molecule has 2 fully saturated rings. The van der Waals surface area contributed by atoms with Gasteiger partial charge in [0.1, 0.15) is 6.04 Å². The van der Waals surface area contributed by atoms with E-state index in [0.717, 1.165) is 25.8 Å². The first-order valence-electron chi connectivity index (χ1n) is 9.79. The average molecular weight is 370 g/mol. The molecular formula is C21H26N2O4. The second kappa shape index (κ2) is 6.75. The Morgan fingerprint density at radius 2 is 2.04 bits per heavy atom. The molecule has 0 aliphatic carbocycles. The van der Waals surface area contributed by atoms with Crippen LogP contribution in [0.1, 0.15) is 49.4 Å². The molecule has 27 heavy (non-hydrogen) atoms. The number of ketones is 1. The van der Waals surface area contributed by atoms with Gasteiger partial charge in [-0.2, -0.15) is 0 Å². The molecule has 0 aromatic heterocycles. The molecule has 3 heterocycles. The highest BCUT2D eigenvalue weighted by Gasteiger charge is 2.57. The number of amides is 1. The summed E-state index contributed by atoms with van der Waals surface area (Å²) in [6.45, 7) is 3.51. The summed E-state index contributed by atoms with van der Waals surface area (Å²) in [7, 11) is 1.36. The second-order valence-electron chi connectivity index (χ2n) is 7.90. The largest absolute Gasteiger partial charge is 0.467 e. The third kappa shape index (κ3) is 2.69. The minimum Gasteiger partial charge on any atom is -0.467 e. The van der Waals surface area contributed by atoms with Gasteiger partial charge in [0, 0.05) is 18.5 Å². The highest BCUT2D eigenvalue weighted by atomic mass is 16.5. The Hall–Kier alpha value is -2.21. The van der Waals surface area contributed by atoms with Crippen LogP contribution in [0, 0.1) is 5.41 Å². The maximum Gasteiger partial charge on any atom is 0.328 e. The standard InChI is InChI=1S/C21H26N2O4/c1-3-21-10-6-11-22-12-9-17(24)14-7-4-5-8-15(14)23(19(25)18(21)22)16(13-21)20(26)27-2/h4-5,7-8,16,18H,3,6,9-13H2,1-2H3/t16-,18-,21+/m1/s1. The molecule has 3 aliphatic heterocycles. The Morgan fingerprint density at radius 3 is 2.78 bits per heavy atom. The first-order chi connectivity index (χ1) is 13.0. The minimum absolute atomic E-state index is 0.0160. The fourth-order valence-electron chi connectivity index (χ4n) is 5.35. The van der Waals surface area contributed by atoms with E-state index in [2.05, 4.69) is 11.8 Å². The number of para-hydroxylation sites is 1. The summed E-state index contributed by atoms with van der Waals surface area (Å²) in [4.78, 5) is 43.1. The summed E-state index contributed by atoms with van der Waals surface area (Å²) >= 11 is 0. The van der Waals surface area contributed by atoms with Crippen molar-refractivity contribution in [3.8, 4) is 0 Å². The van der Waals surface area contributed by atoms with Gasteiger partial charge in [0.25, 0.3) is 0 Å². The zero-order valence-electron chi connectivity index (χ0n) is 15.9. The number of Topliss-reactive ketones (excluding diaryl/α,β-unsaturated/α-hetero) is 1. The molecule has 6 heteroatoms. The van der Waals surface area contributed by atoms with Crippen LogP contribution in [-0.4, -0.2) is 54.8 Å². The van der Waals surface area contributed by atoms with Crippen LogP contribution >= 0.6 is 0 Å². The molecule has 2 bridgehead atoms.